The highest BCUT2D eigenvalue weighted by Gasteiger charge is 2.49. The number of rotatable bonds is 4. The molecule has 2 fully saturated rings. The molecular formula is C21H17F3N4O2S. The van der Waals surface area contributed by atoms with Crippen molar-refractivity contribution >= 4 is 17.2 Å². The number of hydrogen-bond acceptors (Lipinski definition) is 6. The molecule has 1 aliphatic heterocycles. The van der Waals surface area contributed by atoms with Gasteiger partial charge in [0.2, 0.25) is 5.88 Å². The summed E-state index contributed by atoms with van der Waals surface area (Å²) in [7, 11) is 0. The van der Waals surface area contributed by atoms with Crippen LogP contribution >= 0.6 is 11.3 Å². The second kappa shape index (κ2) is 7.60. The number of carbonyl (C=O) groups excluding carboxylic acids is 1. The Bertz CT molecular complexity index is 1090. The summed E-state index contributed by atoms with van der Waals surface area (Å²) in [4.78, 5) is 27.6. The number of thiazole rings is 1. The van der Waals surface area contributed by atoms with Crippen molar-refractivity contribution in [3.05, 3.63) is 59.4 Å². The van der Waals surface area contributed by atoms with Crippen molar-refractivity contribution in [2.75, 3.05) is 6.54 Å². The summed E-state index contributed by atoms with van der Waals surface area (Å²) in [6.07, 6.45) is 0.842. The lowest BCUT2D eigenvalue weighted by molar-refractivity contribution is -0.137. The quantitative estimate of drug-likeness (QED) is 0.598. The number of ether oxygens (including phenoxy) is 1. The number of fused-ring (bicyclic) bond motifs is 2. The van der Waals surface area contributed by atoms with Gasteiger partial charge in [0, 0.05) is 36.6 Å². The molecule has 0 radical (unpaired) electrons. The number of likely N-dealkylation sites (tertiary alicyclic amines) is 1. The van der Waals surface area contributed by atoms with Gasteiger partial charge in [-0.3, -0.25) is 9.78 Å². The van der Waals surface area contributed by atoms with Crippen molar-refractivity contribution in [1.82, 2.24) is 19.9 Å². The molecule has 1 amide bonds. The Hall–Kier alpha value is -3.01. The highest BCUT2D eigenvalue weighted by atomic mass is 32.1. The third-order valence-electron chi connectivity index (χ3n) is 5.69. The van der Waals surface area contributed by atoms with Crippen molar-refractivity contribution in [1.29, 1.82) is 0 Å². The zero-order valence-electron chi connectivity index (χ0n) is 16.1. The largest absolute Gasteiger partial charge is 0.472 e. The summed E-state index contributed by atoms with van der Waals surface area (Å²) < 4.78 is 44.1. The molecule has 3 aromatic heterocycles. The van der Waals surface area contributed by atoms with Gasteiger partial charge in [0.25, 0.3) is 5.91 Å². The van der Waals surface area contributed by atoms with E-state index in [0.717, 1.165) is 25.1 Å². The van der Waals surface area contributed by atoms with E-state index in [-0.39, 0.29) is 29.9 Å². The number of amides is 1. The number of pyridine rings is 2. The van der Waals surface area contributed by atoms with Crippen LogP contribution in [0.15, 0.2) is 48.2 Å². The molecule has 0 unspecified atom stereocenters. The molecular weight excluding hydrogens is 429 g/mol. The van der Waals surface area contributed by atoms with Gasteiger partial charge in [0.1, 0.15) is 16.8 Å². The van der Waals surface area contributed by atoms with Crippen LogP contribution in [0.3, 0.4) is 0 Å². The highest BCUT2D eigenvalue weighted by Crippen LogP contribution is 2.41. The number of carbonyl (C=O) groups is 1. The summed E-state index contributed by atoms with van der Waals surface area (Å²) in [5.74, 6) is 0.274. The molecule has 2 bridgehead atoms. The molecule has 1 saturated carbocycles. The molecule has 2 aliphatic rings. The smallest absolute Gasteiger partial charge is 0.417 e. The molecule has 3 aromatic rings. The average molecular weight is 446 g/mol. The lowest BCUT2D eigenvalue weighted by Crippen LogP contribution is -2.47. The van der Waals surface area contributed by atoms with Crippen molar-refractivity contribution in [3.8, 4) is 16.6 Å². The molecule has 0 aromatic carbocycles. The summed E-state index contributed by atoms with van der Waals surface area (Å²) in [5.41, 5.74) is 0.208. The van der Waals surface area contributed by atoms with Gasteiger partial charge < -0.3 is 9.64 Å². The first kappa shape index (κ1) is 19.9. The standard InChI is InChI=1S/C21H17F3N4O2S/c22-21(23,24)13-3-4-17(27-10-13)30-16-9-12-8-15(16)28(11-12)20(29)14-2-1-5-25-18(14)19-26-6-7-31-19/h1-7,10,12,15-16H,8-9,11H2/t12-,15+,16-/m1/s1. The van der Waals surface area contributed by atoms with Crippen LogP contribution in [0.1, 0.15) is 28.8 Å². The highest BCUT2D eigenvalue weighted by molar-refractivity contribution is 7.13. The second-order valence-electron chi connectivity index (χ2n) is 7.64. The van der Waals surface area contributed by atoms with E-state index in [1.807, 2.05) is 5.38 Å². The Morgan fingerprint density at radius 3 is 2.68 bits per heavy atom. The molecule has 6 nitrogen and oxygen atoms in total. The van der Waals surface area contributed by atoms with E-state index in [2.05, 4.69) is 15.0 Å². The van der Waals surface area contributed by atoms with Gasteiger partial charge in [-0.2, -0.15) is 13.2 Å². The van der Waals surface area contributed by atoms with E-state index >= 15 is 0 Å². The van der Waals surface area contributed by atoms with Crippen LogP contribution in [-0.2, 0) is 6.18 Å². The number of alkyl halides is 3. The Labute approximate surface area is 179 Å². The van der Waals surface area contributed by atoms with E-state index in [9.17, 15) is 18.0 Å². The Balaban J connectivity index is 1.35. The van der Waals surface area contributed by atoms with Crippen molar-refractivity contribution in [2.24, 2.45) is 5.92 Å². The maximum atomic E-state index is 13.4. The maximum absolute atomic E-state index is 13.4. The fourth-order valence-corrected chi connectivity index (χ4v) is 4.99. The van der Waals surface area contributed by atoms with Crippen molar-refractivity contribution < 1.29 is 22.7 Å². The topological polar surface area (TPSA) is 68.2 Å². The predicted octanol–water partition coefficient (Wildman–Crippen LogP) is 4.30. The number of piperidine rings is 1. The maximum Gasteiger partial charge on any atom is 0.417 e. The van der Waals surface area contributed by atoms with Gasteiger partial charge in [-0.15, -0.1) is 11.3 Å². The van der Waals surface area contributed by atoms with E-state index in [1.54, 1.807) is 29.4 Å². The third-order valence-corrected chi connectivity index (χ3v) is 6.47. The average Bonchev–Trinajstić information content (AvgIpc) is 3.50. The summed E-state index contributed by atoms with van der Waals surface area (Å²) in [6.45, 7) is 0.621. The van der Waals surface area contributed by atoms with Crippen LogP contribution in [0.5, 0.6) is 5.88 Å². The number of nitrogens with zero attached hydrogens (tertiary/aromatic N) is 4. The normalized spacial score (nSPS) is 22.7. The van der Waals surface area contributed by atoms with Gasteiger partial charge in [-0.25, -0.2) is 9.97 Å². The van der Waals surface area contributed by atoms with Gasteiger partial charge in [-0.05, 0) is 37.0 Å². The minimum Gasteiger partial charge on any atom is -0.472 e. The Morgan fingerprint density at radius 2 is 2.00 bits per heavy atom. The fourth-order valence-electron chi connectivity index (χ4n) is 4.34. The first-order valence-corrected chi connectivity index (χ1v) is 10.6. The van der Waals surface area contributed by atoms with Crippen LogP contribution in [0.4, 0.5) is 13.2 Å². The molecule has 10 heteroatoms. The zero-order valence-corrected chi connectivity index (χ0v) is 16.9. The van der Waals surface area contributed by atoms with E-state index in [1.165, 1.54) is 17.4 Å². The number of halogens is 3. The van der Waals surface area contributed by atoms with E-state index in [0.29, 0.717) is 22.8 Å². The Morgan fingerprint density at radius 1 is 1.13 bits per heavy atom. The summed E-state index contributed by atoms with van der Waals surface area (Å²) in [5, 5.41) is 2.51. The Kier molecular flexibility index (Phi) is 4.88. The summed E-state index contributed by atoms with van der Waals surface area (Å²) in [6, 6.07) is 5.48. The van der Waals surface area contributed by atoms with E-state index in [4.69, 9.17) is 4.74 Å². The second-order valence-corrected chi connectivity index (χ2v) is 8.53. The molecule has 160 valence electrons. The van der Waals surface area contributed by atoms with Crippen molar-refractivity contribution in [3.63, 3.8) is 0 Å². The molecule has 0 N–H and O–H groups in total. The number of hydrogen-bond donors (Lipinski definition) is 0. The predicted molar refractivity (Wildman–Crippen MR) is 107 cm³/mol. The van der Waals surface area contributed by atoms with Crippen LogP contribution in [-0.4, -0.2) is 44.4 Å². The van der Waals surface area contributed by atoms with Crippen LogP contribution in [0, 0.1) is 5.92 Å². The van der Waals surface area contributed by atoms with Crippen molar-refractivity contribution in [2.45, 2.75) is 31.2 Å². The molecule has 4 heterocycles. The number of aromatic nitrogens is 3. The van der Waals surface area contributed by atoms with Gasteiger partial charge >= 0.3 is 6.18 Å². The minimum absolute atomic E-state index is 0.128. The molecule has 3 atom stereocenters. The SMILES string of the molecule is O=C(c1cccnc1-c1nccs1)N1C[C@H]2C[C@@H](Oc3ccc(C(F)(F)F)cn3)[C@@H]1C2. The van der Waals surface area contributed by atoms with Gasteiger partial charge in [0.15, 0.2) is 0 Å². The monoisotopic (exact) mass is 446 g/mol. The van der Waals surface area contributed by atoms with Crippen LogP contribution in [0.25, 0.3) is 10.7 Å². The zero-order chi connectivity index (χ0) is 21.6. The minimum atomic E-state index is -4.44. The molecule has 1 aliphatic carbocycles. The van der Waals surface area contributed by atoms with Gasteiger partial charge in [0.05, 0.1) is 17.2 Å². The molecule has 5 rings (SSSR count). The molecule has 31 heavy (non-hydrogen) atoms. The van der Waals surface area contributed by atoms with Crippen LogP contribution < -0.4 is 4.74 Å². The lowest BCUT2D eigenvalue weighted by Gasteiger charge is -2.33. The molecule has 1 saturated heterocycles. The molecule has 0 spiro atoms. The fraction of sp³-hybridized carbons (Fsp3) is 0.333. The lowest BCUT2D eigenvalue weighted by atomic mass is 10.1. The van der Waals surface area contributed by atoms with Crippen LogP contribution in [0.2, 0.25) is 0 Å². The van der Waals surface area contributed by atoms with Gasteiger partial charge in [-0.1, -0.05) is 0 Å². The third kappa shape index (κ3) is 3.76. The van der Waals surface area contributed by atoms with E-state index < -0.39 is 11.7 Å². The summed E-state index contributed by atoms with van der Waals surface area (Å²) >= 11 is 1.41. The first-order valence-electron chi connectivity index (χ1n) is 9.76. The first-order chi connectivity index (χ1) is 14.9.